The maximum atomic E-state index is 12.2. The van der Waals surface area contributed by atoms with Crippen LogP contribution >= 0.6 is 0 Å². The summed E-state index contributed by atoms with van der Waals surface area (Å²) in [6.45, 7) is 1.14. The number of hydrazine groups is 1. The van der Waals surface area contributed by atoms with Crippen LogP contribution in [0.3, 0.4) is 0 Å². The molecule has 5 nitrogen and oxygen atoms in total. The number of carbonyl (C=O) groups excluding carboxylic acids is 2. The zero-order valence-corrected chi connectivity index (χ0v) is 10.1. The van der Waals surface area contributed by atoms with Crippen LogP contribution in [0.4, 0.5) is 0 Å². The Morgan fingerprint density at radius 3 is 2.67 bits per heavy atom. The van der Waals surface area contributed by atoms with Crippen LogP contribution in [0.1, 0.15) is 23.2 Å². The Morgan fingerprint density at radius 1 is 1.28 bits per heavy atom. The van der Waals surface area contributed by atoms with Gasteiger partial charge in [-0.05, 0) is 25.0 Å². The van der Waals surface area contributed by atoms with E-state index in [9.17, 15) is 9.59 Å². The average Bonchev–Trinajstić information content (AvgIpc) is 2.46. The fraction of sp³-hybridized carbons (Fsp3) is 0.385. The third-order valence-electron chi connectivity index (χ3n) is 3.24. The molecule has 0 saturated carbocycles. The lowest BCUT2D eigenvalue weighted by atomic mass is 9.97. The Bertz CT molecular complexity index is 433. The fourth-order valence-corrected chi connectivity index (χ4v) is 2.26. The largest absolute Gasteiger partial charge is 0.338 e. The minimum Gasteiger partial charge on any atom is -0.338 e. The number of hydrogen-bond donors (Lipinski definition) is 2. The number of nitrogens with two attached hydrogens (primary N) is 1. The molecule has 0 aromatic heterocycles. The van der Waals surface area contributed by atoms with Gasteiger partial charge in [0.15, 0.2) is 0 Å². The van der Waals surface area contributed by atoms with Crippen molar-refractivity contribution in [1.82, 2.24) is 10.3 Å². The molecule has 0 spiro atoms. The molecular formula is C13H17N3O2. The molecule has 1 saturated heterocycles. The van der Waals surface area contributed by atoms with Crippen LogP contribution in [-0.4, -0.2) is 29.8 Å². The lowest BCUT2D eigenvalue weighted by Gasteiger charge is -2.31. The van der Waals surface area contributed by atoms with Crippen molar-refractivity contribution in [1.29, 1.82) is 0 Å². The van der Waals surface area contributed by atoms with Crippen molar-refractivity contribution in [2.75, 3.05) is 13.1 Å². The molecule has 3 N–H and O–H groups in total. The van der Waals surface area contributed by atoms with Gasteiger partial charge in [-0.15, -0.1) is 0 Å². The summed E-state index contributed by atoms with van der Waals surface area (Å²) in [5, 5.41) is 0. The van der Waals surface area contributed by atoms with E-state index in [-0.39, 0.29) is 17.7 Å². The quantitative estimate of drug-likeness (QED) is 0.455. The van der Waals surface area contributed by atoms with Crippen LogP contribution in [0.2, 0.25) is 0 Å². The van der Waals surface area contributed by atoms with Crippen LogP contribution in [0.5, 0.6) is 0 Å². The highest BCUT2D eigenvalue weighted by Crippen LogP contribution is 2.18. The second kappa shape index (κ2) is 5.64. The number of likely N-dealkylation sites (tertiary alicyclic amines) is 1. The Balaban J connectivity index is 2.05. The molecule has 1 aromatic rings. The average molecular weight is 247 g/mol. The first-order valence-corrected chi connectivity index (χ1v) is 6.07. The summed E-state index contributed by atoms with van der Waals surface area (Å²) in [6, 6.07) is 9.12. The van der Waals surface area contributed by atoms with E-state index in [4.69, 9.17) is 5.84 Å². The predicted octanol–water partition coefficient (Wildman–Crippen LogP) is 0.529. The molecule has 1 atom stereocenters. The molecule has 5 heteroatoms. The van der Waals surface area contributed by atoms with Crippen molar-refractivity contribution < 1.29 is 9.59 Å². The van der Waals surface area contributed by atoms with Crippen molar-refractivity contribution in [2.45, 2.75) is 12.8 Å². The standard InChI is InChI=1S/C13H17N3O2/c14-15-12(17)11-7-4-8-16(9-11)13(18)10-5-2-1-3-6-10/h1-3,5-6,11H,4,7-9,14H2,(H,15,17). The third kappa shape index (κ3) is 2.68. The van der Waals surface area contributed by atoms with Gasteiger partial charge in [-0.2, -0.15) is 0 Å². The van der Waals surface area contributed by atoms with Crippen molar-refractivity contribution in [3.05, 3.63) is 35.9 Å². The van der Waals surface area contributed by atoms with Crippen molar-refractivity contribution >= 4 is 11.8 Å². The van der Waals surface area contributed by atoms with Gasteiger partial charge in [0.25, 0.3) is 5.91 Å². The SMILES string of the molecule is NNC(=O)C1CCCN(C(=O)c2ccccc2)C1. The van der Waals surface area contributed by atoms with E-state index in [0.717, 1.165) is 12.8 Å². The molecule has 0 aliphatic carbocycles. The monoisotopic (exact) mass is 247 g/mol. The Hall–Kier alpha value is -1.88. The number of benzene rings is 1. The van der Waals surface area contributed by atoms with E-state index in [1.54, 1.807) is 17.0 Å². The van der Waals surface area contributed by atoms with Gasteiger partial charge in [0, 0.05) is 18.7 Å². The predicted molar refractivity (Wildman–Crippen MR) is 67.4 cm³/mol. The van der Waals surface area contributed by atoms with Crippen LogP contribution in [0.25, 0.3) is 0 Å². The number of nitrogens with zero attached hydrogens (tertiary/aromatic N) is 1. The molecule has 1 fully saturated rings. The van der Waals surface area contributed by atoms with Gasteiger partial charge in [-0.1, -0.05) is 18.2 Å². The van der Waals surface area contributed by atoms with Gasteiger partial charge in [0.1, 0.15) is 0 Å². The normalized spacial score (nSPS) is 19.4. The van der Waals surface area contributed by atoms with Gasteiger partial charge < -0.3 is 4.90 Å². The van der Waals surface area contributed by atoms with E-state index >= 15 is 0 Å². The molecule has 96 valence electrons. The highest BCUT2D eigenvalue weighted by Gasteiger charge is 2.28. The molecule has 1 aliphatic heterocycles. The van der Waals surface area contributed by atoms with Crippen LogP contribution < -0.4 is 11.3 Å². The van der Waals surface area contributed by atoms with E-state index in [1.807, 2.05) is 18.2 Å². The summed E-state index contributed by atoms with van der Waals surface area (Å²) in [4.78, 5) is 25.4. The summed E-state index contributed by atoms with van der Waals surface area (Å²) in [5.41, 5.74) is 2.82. The maximum Gasteiger partial charge on any atom is 0.253 e. The number of piperidine rings is 1. The maximum absolute atomic E-state index is 12.2. The molecule has 1 unspecified atom stereocenters. The summed E-state index contributed by atoms with van der Waals surface area (Å²) in [6.07, 6.45) is 1.61. The Morgan fingerprint density at radius 2 is 2.00 bits per heavy atom. The Labute approximate surface area is 106 Å². The van der Waals surface area contributed by atoms with Crippen molar-refractivity contribution in [2.24, 2.45) is 11.8 Å². The van der Waals surface area contributed by atoms with Crippen molar-refractivity contribution in [3.63, 3.8) is 0 Å². The van der Waals surface area contributed by atoms with E-state index in [2.05, 4.69) is 5.43 Å². The lowest BCUT2D eigenvalue weighted by molar-refractivity contribution is -0.126. The van der Waals surface area contributed by atoms with E-state index in [1.165, 1.54) is 0 Å². The number of amides is 2. The molecule has 1 aromatic carbocycles. The highest BCUT2D eigenvalue weighted by molar-refractivity contribution is 5.94. The number of rotatable bonds is 2. The summed E-state index contributed by atoms with van der Waals surface area (Å²) < 4.78 is 0. The number of carbonyl (C=O) groups is 2. The van der Waals surface area contributed by atoms with Crippen LogP contribution in [0, 0.1) is 5.92 Å². The third-order valence-corrected chi connectivity index (χ3v) is 3.24. The first-order valence-electron chi connectivity index (χ1n) is 6.07. The minimum atomic E-state index is -0.198. The van der Waals surface area contributed by atoms with E-state index < -0.39 is 0 Å². The smallest absolute Gasteiger partial charge is 0.253 e. The first-order chi connectivity index (χ1) is 8.72. The van der Waals surface area contributed by atoms with E-state index in [0.29, 0.717) is 18.7 Å². The van der Waals surface area contributed by atoms with Gasteiger partial charge in [0.05, 0.1) is 5.92 Å². The second-order valence-electron chi connectivity index (χ2n) is 4.46. The lowest BCUT2D eigenvalue weighted by Crippen LogP contribution is -2.46. The van der Waals surface area contributed by atoms with Gasteiger partial charge >= 0.3 is 0 Å². The topological polar surface area (TPSA) is 75.4 Å². The fourth-order valence-electron chi connectivity index (χ4n) is 2.26. The van der Waals surface area contributed by atoms with Crippen LogP contribution in [0.15, 0.2) is 30.3 Å². The minimum absolute atomic E-state index is 0.0230. The second-order valence-corrected chi connectivity index (χ2v) is 4.46. The Kier molecular flexibility index (Phi) is 3.94. The molecule has 0 radical (unpaired) electrons. The molecule has 18 heavy (non-hydrogen) atoms. The molecule has 1 heterocycles. The van der Waals surface area contributed by atoms with Gasteiger partial charge in [0.2, 0.25) is 5.91 Å². The summed E-state index contributed by atoms with van der Waals surface area (Å²) in [7, 11) is 0. The van der Waals surface area contributed by atoms with Crippen LogP contribution in [-0.2, 0) is 4.79 Å². The molecule has 2 rings (SSSR count). The molecular weight excluding hydrogens is 230 g/mol. The molecule has 0 bridgehead atoms. The molecule has 2 amide bonds. The number of nitrogens with one attached hydrogen (secondary N) is 1. The first kappa shape index (κ1) is 12.6. The number of hydrogen-bond acceptors (Lipinski definition) is 3. The zero-order valence-electron chi connectivity index (χ0n) is 10.1. The summed E-state index contributed by atoms with van der Waals surface area (Å²) in [5.74, 6) is 4.72. The van der Waals surface area contributed by atoms with Gasteiger partial charge in [-0.25, -0.2) is 5.84 Å². The highest BCUT2D eigenvalue weighted by atomic mass is 16.2. The summed E-state index contributed by atoms with van der Waals surface area (Å²) >= 11 is 0. The molecule has 1 aliphatic rings. The van der Waals surface area contributed by atoms with Gasteiger partial charge in [-0.3, -0.25) is 15.0 Å². The van der Waals surface area contributed by atoms with Crippen molar-refractivity contribution in [3.8, 4) is 0 Å². The zero-order chi connectivity index (χ0) is 13.0.